The number of anilines is 1. The van der Waals surface area contributed by atoms with Crippen molar-refractivity contribution in [2.75, 3.05) is 31.2 Å². The standard InChI is InChI=1S/C15H15IN4O3S/c16-11-3-1-10(2-4-11)13(21)18-19-14(22)12-9-24-15(17-12)20-5-7-23-8-6-20/h1-4,9H,5-8H2,(H,18,21)(H,19,22). The Kier molecular flexibility index (Phi) is 5.63. The van der Waals surface area contributed by atoms with Crippen LogP contribution in [0.5, 0.6) is 0 Å². The van der Waals surface area contributed by atoms with Crippen molar-refractivity contribution < 1.29 is 14.3 Å². The van der Waals surface area contributed by atoms with E-state index in [0.717, 1.165) is 21.8 Å². The van der Waals surface area contributed by atoms with Crippen LogP contribution in [-0.4, -0.2) is 43.1 Å². The fraction of sp³-hybridized carbons (Fsp3) is 0.267. The van der Waals surface area contributed by atoms with E-state index in [1.807, 2.05) is 12.1 Å². The third kappa shape index (κ3) is 4.22. The Bertz CT molecular complexity index is 729. The zero-order chi connectivity index (χ0) is 16.9. The van der Waals surface area contributed by atoms with Gasteiger partial charge in [-0.25, -0.2) is 4.98 Å². The number of halogens is 1. The molecule has 7 nitrogen and oxygen atoms in total. The molecule has 9 heteroatoms. The molecule has 2 aromatic rings. The van der Waals surface area contributed by atoms with E-state index in [2.05, 4.69) is 43.3 Å². The third-order valence-electron chi connectivity index (χ3n) is 3.40. The van der Waals surface area contributed by atoms with E-state index >= 15 is 0 Å². The molecule has 126 valence electrons. The second-order valence-electron chi connectivity index (χ2n) is 5.03. The van der Waals surface area contributed by atoms with Crippen molar-refractivity contribution in [1.82, 2.24) is 15.8 Å². The molecule has 1 aliphatic rings. The van der Waals surface area contributed by atoms with Crippen LogP contribution in [0.3, 0.4) is 0 Å². The number of amides is 2. The Morgan fingerprint density at radius 3 is 2.50 bits per heavy atom. The van der Waals surface area contributed by atoms with E-state index in [1.54, 1.807) is 17.5 Å². The first-order chi connectivity index (χ1) is 11.6. The van der Waals surface area contributed by atoms with E-state index < -0.39 is 5.91 Å². The molecule has 0 spiro atoms. The number of aromatic nitrogens is 1. The Labute approximate surface area is 156 Å². The Balaban J connectivity index is 1.56. The maximum absolute atomic E-state index is 12.1. The van der Waals surface area contributed by atoms with Gasteiger partial charge in [0.2, 0.25) is 0 Å². The van der Waals surface area contributed by atoms with Gasteiger partial charge in [0, 0.05) is 27.6 Å². The molecule has 0 aliphatic carbocycles. The molecule has 0 unspecified atom stereocenters. The minimum Gasteiger partial charge on any atom is -0.378 e. The molecule has 1 fully saturated rings. The van der Waals surface area contributed by atoms with Crippen LogP contribution in [-0.2, 0) is 4.74 Å². The molecule has 1 saturated heterocycles. The number of hydrogen-bond acceptors (Lipinski definition) is 6. The van der Waals surface area contributed by atoms with Gasteiger partial charge in [-0.15, -0.1) is 11.3 Å². The summed E-state index contributed by atoms with van der Waals surface area (Å²) in [5.41, 5.74) is 5.54. The van der Waals surface area contributed by atoms with Crippen molar-refractivity contribution in [3.8, 4) is 0 Å². The third-order valence-corrected chi connectivity index (χ3v) is 5.02. The smallest absolute Gasteiger partial charge is 0.289 e. The number of carbonyl (C=O) groups is 2. The van der Waals surface area contributed by atoms with Gasteiger partial charge in [-0.05, 0) is 46.9 Å². The Morgan fingerprint density at radius 2 is 1.79 bits per heavy atom. The van der Waals surface area contributed by atoms with E-state index in [0.29, 0.717) is 18.8 Å². The highest BCUT2D eigenvalue weighted by atomic mass is 127. The van der Waals surface area contributed by atoms with Gasteiger partial charge >= 0.3 is 0 Å². The number of nitrogens with one attached hydrogen (secondary N) is 2. The lowest BCUT2D eigenvalue weighted by molar-refractivity contribution is 0.0844. The molecule has 0 atom stereocenters. The minimum absolute atomic E-state index is 0.282. The van der Waals surface area contributed by atoms with Crippen molar-refractivity contribution >= 4 is 50.9 Å². The van der Waals surface area contributed by atoms with Crippen LogP contribution in [0.1, 0.15) is 20.8 Å². The lowest BCUT2D eigenvalue weighted by atomic mass is 10.2. The second-order valence-corrected chi connectivity index (χ2v) is 7.11. The monoisotopic (exact) mass is 458 g/mol. The van der Waals surface area contributed by atoms with Crippen molar-refractivity contribution in [2.45, 2.75) is 0 Å². The number of benzene rings is 1. The van der Waals surface area contributed by atoms with Crippen LogP contribution < -0.4 is 15.8 Å². The molecule has 1 aliphatic heterocycles. The number of morpholine rings is 1. The zero-order valence-corrected chi connectivity index (χ0v) is 15.6. The van der Waals surface area contributed by atoms with Gasteiger partial charge in [0.1, 0.15) is 5.69 Å². The molecule has 0 saturated carbocycles. The van der Waals surface area contributed by atoms with Gasteiger partial charge < -0.3 is 9.64 Å². The predicted molar refractivity (Wildman–Crippen MR) is 99.2 cm³/mol. The SMILES string of the molecule is O=C(NNC(=O)c1csc(N2CCOCC2)n1)c1ccc(I)cc1. The zero-order valence-electron chi connectivity index (χ0n) is 12.6. The van der Waals surface area contributed by atoms with Gasteiger partial charge in [0.05, 0.1) is 13.2 Å². The van der Waals surface area contributed by atoms with Gasteiger partial charge in [0.15, 0.2) is 5.13 Å². The van der Waals surface area contributed by atoms with E-state index in [1.165, 1.54) is 11.3 Å². The number of hydrazine groups is 1. The molecule has 3 rings (SSSR count). The summed E-state index contributed by atoms with van der Waals surface area (Å²) in [4.78, 5) is 30.5. The fourth-order valence-electron chi connectivity index (χ4n) is 2.12. The normalized spacial score (nSPS) is 14.3. The topological polar surface area (TPSA) is 83.6 Å². The highest BCUT2D eigenvalue weighted by Gasteiger charge is 2.17. The first-order valence-electron chi connectivity index (χ1n) is 7.28. The fourth-order valence-corrected chi connectivity index (χ4v) is 3.34. The summed E-state index contributed by atoms with van der Waals surface area (Å²) in [5, 5.41) is 2.46. The number of ether oxygens (including phenoxy) is 1. The second kappa shape index (κ2) is 7.90. The van der Waals surface area contributed by atoms with Gasteiger partial charge in [-0.1, -0.05) is 0 Å². The summed E-state index contributed by atoms with van der Waals surface area (Å²) in [5.74, 6) is -0.812. The molecular weight excluding hydrogens is 443 g/mol. The summed E-state index contributed by atoms with van der Waals surface area (Å²) < 4.78 is 6.33. The Morgan fingerprint density at radius 1 is 1.12 bits per heavy atom. The Hall–Kier alpha value is -1.72. The molecule has 2 heterocycles. The quantitative estimate of drug-likeness (QED) is 0.540. The first kappa shape index (κ1) is 17.1. The van der Waals surface area contributed by atoms with Crippen molar-refractivity contribution in [3.05, 3.63) is 44.5 Å². The molecule has 2 amide bonds. The van der Waals surface area contributed by atoms with Crippen molar-refractivity contribution in [1.29, 1.82) is 0 Å². The van der Waals surface area contributed by atoms with E-state index in [-0.39, 0.29) is 11.6 Å². The number of rotatable bonds is 3. The number of nitrogens with zero attached hydrogens (tertiary/aromatic N) is 2. The summed E-state index contributed by atoms with van der Waals surface area (Å²) in [6.45, 7) is 2.84. The summed E-state index contributed by atoms with van der Waals surface area (Å²) >= 11 is 3.56. The van der Waals surface area contributed by atoms with Crippen LogP contribution >= 0.6 is 33.9 Å². The predicted octanol–water partition coefficient (Wildman–Crippen LogP) is 1.66. The van der Waals surface area contributed by atoms with Gasteiger partial charge in [0.25, 0.3) is 11.8 Å². The van der Waals surface area contributed by atoms with Gasteiger partial charge in [-0.3, -0.25) is 20.4 Å². The molecular formula is C15H15IN4O3S. The highest BCUT2D eigenvalue weighted by molar-refractivity contribution is 14.1. The molecule has 24 heavy (non-hydrogen) atoms. The van der Waals surface area contributed by atoms with Crippen molar-refractivity contribution in [3.63, 3.8) is 0 Å². The molecule has 0 bridgehead atoms. The molecule has 2 N–H and O–H groups in total. The van der Waals surface area contributed by atoms with E-state index in [4.69, 9.17) is 4.74 Å². The number of thiazole rings is 1. The average Bonchev–Trinajstić information content (AvgIpc) is 3.11. The summed E-state index contributed by atoms with van der Waals surface area (Å²) in [6.07, 6.45) is 0. The first-order valence-corrected chi connectivity index (χ1v) is 9.24. The van der Waals surface area contributed by atoms with Crippen LogP contribution in [0, 0.1) is 3.57 Å². The summed E-state index contributed by atoms with van der Waals surface area (Å²) in [7, 11) is 0. The lowest BCUT2D eigenvalue weighted by Crippen LogP contribution is -2.41. The highest BCUT2D eigenvalue weighted by Crippen LogP contribution is 2.21. The molecule has 0 radical (unpaired) electrons. The van der Waals surface area contributed by atoms with Gasteiger partial charge in [-0.2, -0.15) is 0 Å². The molecule has 1 aromatic heterocycles. The van der Waals surface area contributed by atoms with Crippen LogP contribution in [0.25, 0.3) is 0 Å². The molecule has 1 aromatic carbocycles. The maximum atomic E-state index is 12.1. The number of hydrogen-bond donors (Lipinski definition) is 2. The van der Waals surface area contributed by atoms with Crippen LogP contribution in [0.2, 0.25) is 0 Å². The lowest BCUT2D eigenvalue weighted by Gasteiger charge is -2.25. The minimum atomic E-state index is -0.440. The van der Waals surface area contributed by atoms with Crippen LogP contribution in [0.4, 0.5) is 5.13 Å². The number of carbonyl (C=O) groups excluding carboxylic acids is 2. The maximum Gasteiger partial charge on any atom is 0.289 e. The average molecular weight is 458 g/mol. The summed E-state index contributed by atoms with van der Waals surface area (Å²) in [6, 6.07) is 7.05. The van der Waals surface area contributed by atoms with Crippen LogP contribution in [0.15, 0.2) is 29.6 Å². The van der Waals surface area contributed by atoms with E-state index in [9.17, 15) is 9.59 Å². The van der Waals surface area contributed by atoms with Crippen molar-refractivity contribution in [2.24, 2.45) is 0 Å². The largest absolute Gasteiger partial charge is 0.378 e.